The van der Waals surface area contributed by atoms with E-state index in [4.69, 9.17) is 0 Å². The Kier molecular flexibility index (Phi) is 6.49. The van der Waals surface area contributed by atoms with Crippen molar-refractivity contribution < 1.29 is 9.59 Å². The summed E-state index contributed by atoms with van der Waals surface area (Å²) in [6, 6.07) is 9.13. The molecule has 1 N–H and O–H groups in total. The van der Waals surface area contributed by atoms with Crippen LogP contribution in [0.4, 0.5) is 11.6 Å². The van der Waals surface area contributed by atoms with E-state index in [0.29, 0.717) is 49.9 Å². The SMILES string of the molecule is Cn1cc(-c2nc(C(=O)Nc3ccc(CC(=O)N4CCN(c5ncccn5)CC4)cc3)cs2)cn1. The number of hydrogen-bond donors (Lipinski definition) is 1. The minimum Gasteiger partial charge on any atom is -0.339 e. The van der Waals surface area contributed by atoms with Gasteiger partial charge in [-0.1, -0.05) is 12.1 Å². The minimum absolute atomic E-state index is 0.0841. The number of nitrogens with zero attached hydrogens (tertiary/aromatic N) is 7. The number of aromatic nitrogens is 5. The van der Waals surface area contributed by atoms with Gasteiger partial charge >= 0.3 is 0 Å². The molecule has 5 rings (SSSR count). The van der Waals surface area contributed by atoms with Crippen LogP contribution in [-0.2, 0) is 18.3 Å². The predicted molar refractivity (Wildman–Crippen MR) is 133 cm³/mol. The van der Waals surface area contributed by atoms with Crippen LogP contribution in [-0.4, -0.2) is 67.6 Å². The highest BCUT2D eigenvalue weighted by Gasteiger charge is 2.22. The van der Waals surface area contributed by atoms with Gasteiger partial charge in [0, 0.05) is 68.4 Å². The molecule has 1 aromatic carbocycles. The van der Waals surface area contributed by atoms with Crippen LogP contribution < -0.4 is 10.2 Å². The molecule has 0 spiro atoms. The molecule has 0 bridgehead atoms. The van der Waals surface area contributed by atoms with Crippen LogP contribution in [0.5, 0.6) is 0 Å². The number of hydrogen-bond acceptors (Lipinski definition) is 8. The Morgan fingerprint density at radius 2 is 1.80 bits per heavy atom. The van der Waals surface area contributed by atoms with Crippen molar-refractivity contribution in [3.63, 3.8) is 0 Å². The van der Waals surface area contributed by atoms with Crippen LogP contribution in [0, 0.1) is 0 Å². The predicted octanol–water partition coefficient (Wildman–Crippen LogP) is 2.48. The molecule has 1 saturated heterocycles. The lowest BCUT2D eigenvalue weighted by atomic mass is 10.1. The second kappa shape index (κ2) is 10.0. The normalized spacial score (nSPS) is 13.6. The molecule has 0 saturated carbocycles. The molecule has 4 aromatic rings. The van der Waals surface area contributed by atoms with E-state index in [1.807, 2.05) is 30.3 Å². The van der Waals surface area contributed by atoms with Gasteiger partial charge in [0.2, 0.25) is 11.9 Å². The highest BCUT2D eigenvalue weighted by atomic mass is 32.1. The second-order valence-electron chi connectivity index (χ2n) is 8.19. The first kappa shape index (κ1) is 22.7. The fourth-order valence-corrected chi connectivity index (χ4v) is 4.62. The number of aryl methyl sites for hydroxylation is 1. The Hall–Kier alpha value is -4.12. The van der Waals surface area contributed by atoms with E-state index in [0.717, 1.165) is 16.1 Å². The number of rotatable bonds is 6. The Morgan fingerprint density at radius 1 is 1.06 bits per heavy atom. The van der Waals surface area contributed by atoms with Gasteiger partial charge in [-0.3, -0.25) is 14.3 Å². The second-order valence-corrected chi connectivity index (χ2v) is 9.04. The van der Waals surface area contributed by atoms with Crippen LogP contribution in [0.25, 0.3) is 10.6 Å². The van der Waals surface area contributed by atoms with Crippen molar-refractivity contribution in [2.45, 2.75) is 6.42 Å². The number of carbonyl (C=O) groups excluding carboxylic acids is 2. The summed E-state index contributed by atoms with van der Waals surface area (Å²) in [7, 11) is 1.84. The van der Waals surface area contributed by atoms with Gasteiger partial charge in [-0.2, -0.15) is 5.10 Å². The van der Waals surface area contributed by atoms with E-state index >= 15 is 0 Å². The van der Waals surface area contributed by atoms with Crippen molar-refractivity contribution >= 4 is 34.8 Å². The molecule has 11 heteroatoms. The van der Waals surface area contributed by atoms with Gasteiger partial charge in [0.15, 0.2) is 0 Å². The van der Waals surface area contributed by atoms with Gasteiger partial charge < -0.3 is 15.1 Å². The Morgan fingerprint density at radius 3 is 2.49 bits per heavy atom. The molecule has 10 nitrogen and oxygen atoms in total. The zero-order chi connectivity index (χ0) is 24.2. The Balaban J connectivity index is 1.13. The molecule has 3 aromatic heterocycles. The van der Waals surface area contributed by atoms with Gasteiger partial charge in [0.05, 0.1) is 12.6 Å². The summed E-state index contributed by atoms with van der Waals surface area (Å²) >= 11 is 1.40. The average Bonchev–Trinajstić information content (AvgIpc) is 3.55. The quantitative estimate of drug-likeness (QED) is 0.444. The molecule has 0 atom stereocenters. The maximum Gasteiger partial charge on any atom is 0.275 e. The molecule has 1 aliphatic rings. The first-order valence-electron chi connectivity index (χ1n) is 11.2. The highest BCUT2D eigenvalue weighted by molar-refractivity contribution is 7.13. The van der Waals surface area contributed by atoms with Crippen molar-refractivity contribution in [3.8, 4) is 10.6 Å². The molecule has 178 valence electrons. The largest absolute Gasteiger partial charge is 0.339 e. The summed E-state index contributed by atoms with van der Waals surface area (Å²) in [5, 5.41) is 9.48. The maximum absolute atomic E-state index is 12.8. The van der Waals surface area contributed by atoms with Crippen molar-refractivity contribution in [3.05, 3.63) is 71.8 Å². The number of thiazole rings is 1. The molecule has 1 aliphatic heterocycles. The third kappa shape index (κ3) is 5.35. The lowest BCUT2D eigenvalue weighted by Gasteiger charge is -2.34. The van der Waals surface area contributed by atoms with E-state index in [1.54, 1.807) is 46.9 Å². The number of carbonyl (C=O) groups is 2. The van der Waals surface area contributed by atoms with Crippen LogP contribution in [0.15, 0.2) is 60.5 Å². The van der Waals surface area contributed by atoms with Gasteiger partial charge in [0.1, 0.15) is 10.7 Å². The smallest absolute Gasteiger partial charge is 0.275 e. The van der Waals surface area contributed by atoms with Crippen molar-refractivity contribution in [2.75, 3.05) is 36.4 Å². The molecule has 0 radical (unpaired) electrons. The summed E-state index contributed by atoms with van der Waals surface area (Å²) in [5.41, 5.74) is 2.78. The standard InChI is InChI=1S/C24H24N8O2S/c1-30-15-18(14-27-30)23-29-20(16-35-23)22(34)28-19-5-3-17(4-6-19)13-21(33)31-9-11-32(12-10-31)24-25-7-2-8-26-24/h2-8,14-16H,9-13H2,1H3,(H,28,34). The minimum atomic E-state index is -0.277. The van der Waals surface area contributed by atoms with Gasteiger partial charge in [0.25, 0.3) is 5.91 Å². The number of piperazine rings is 1. The molecule has 0 unspecified atom stereocenters. The molecule has 1 fully saturated rings. The van der Waals surface area contributed by atoms with E-state index in [1.165, 1.54) is 11.3 Å². The van der Waals surface area contributed by atoms with Crippen LogP contribution in [0.1, 0.15) is 16.1 Å². The van der Waals surface area contributed by atoms with Crippen molar-refractivity contribution in [2.24, 2.45) is 7.05 Å². The fourth-order valence-electron chi connectivity index (χ4n) is 3.84. The molecule has 4 heterocycles. The van der Waals surface area contributed by atoms with Crippen LogP contribution in [0.3, 0.4) is 0 Å². The van der Waals surface area contributed by atoms with E-state index in [-0.39, 0.29) is 11.8 Å². The molecular formula is C24H24N8O2S. The number of benzene rings is 1. The van der Waals surface area contributed by atoms with E-state index in [9.17, 15) is 9.59 Å². The zero-order valence-electron chi connectivity index (χ0n) is 19.2. The third-order valence-electron chi connectivity index (χ3n) is 5.72. The summed E-state index contributed by atoms with van der Waals surface area (Å²) in [6.45, 7) is 2.69. The summed E-state index contributed by atoms with van der Waals surface area (Å²) < 4.78 is 1.70. The topological polar surface area (TPSA) is 109 Å². The summed E-state index contributed by atoms with van der Waals surface area (Å²) in [5.74, 6) is 0.504. The number of nitrogens with one attached hydrogen (secondary N) is 1. The van der Waals surface area contributed by atoms with Crippen LogP contribution >= 0.6 is 11.3 Å². The van der Waals surface area contributed by atoms with Crippen molar-refractivity contribution in [1.82, 2.24) is 29.6 Å². The van der Waals surface area contributed by atoms with E-state index < -0.39 is 0 Å². The van der Waals surface area contributed by atoms with Gasteiger partial charge in [-0.05, 0) is 23.8 Å². The van der Waals surface area contributed by atoms with Crippen molar-refractivity contribution in [1.29, 1.82) is 0 Å². The first-order valence-corrected chi connectivity index (χ1v) is 12.1. The molecule has 2 amide bonds. The maximum atomic E-state index is 12.8. The fraction of sp³-hybridized carbons (Fsp3) is 0.250. The summed E-state index contributed by atoms with van der Waals surface area (Å²) in [6.07, 6.45) is 7.35. The van der Waals surface area contributed by atoms with Crippen LogP contribution in [0.2, 0.25) is 0 Å². The lowest BCUT2D eigenvalue weighted by molar-refractivity contribution is -0.130. The number of amides is 2. The third-order valence-corrected chi connectivity index (χ3v) is 6.61. The highest BCUT2D eigenvalue weighted by Crippen LogP contribution is 2.23. The lowest BCUT2D eigenvalue weighted by Crippen LogP contribution is -2.49. The number of anilines is 2. The molecule has 35 heavy (non-hydrogen) atoms. The monoisotopic (exact) mass is 488 g/mol. The first-order chi connectivity index (χ1) is 17.0. The van der Waals surface area contributed by atoms with E-state index in [2.05, 4.69) is 30.3 Å². The molecular weight excluding hydrogens is 464 g/mol. The zero-order valence-corrected chi connectivity index (χ0v) is 20.0. The Bertz CT molecular complexity index is 1310. The van der Waals surface area contributed by atoms with Gasteiger partial charge in [-0.25, -0.2) is 15.0 Å². The summed E-state index contributed by atoms with van der Waals surface area (Å²) in [4.78, 5) is 42.3. The van der Waals surface area contributed by atoms with Gasteiger partial charge in [-0.15, -0.1) is 11.3 Å². The average molecular weight is 489 g/mol. The molecule has 0 aliphatic carbocycles. The Labute approximate surface area is 206 Å².